The van der Waals surface area contributed by atoms with Gasteiger partial charge in [0.15, 0.2) is 0 Å². The summed E-state index contributed by atoms with van der Waals surface area (Å²) in [5.74, 6) is -0.400. The first-order valence-corrected chi connectivity index (χ1v) is 11.5. The van der Waals surface area contributed by atoms with Crippen molar-refractivity contribution in [1.82, 2.24) is 15.1 Å². The molecule has 0 atom stereocenters. The number of benzene rings is 1. The predicted molar refractivity (Wildman–Crippen MR) is 123 cm³/mol. The Kier molecular flexibility index (Phi) is 8.07. The lowest BCUT2D eigenvalue weighted by atomic mass is 9.86. The quantitative estimate of drug-likeness (QED) is 0.691. The van der Waals surface area contributed by atoms with Gasteiger partial charge in [-0.25, -0.2) is 4.79 Å². The van der Waals surface area contributed by atoms with Crippen LogP contribution in [0.3, 0.4) is 0 Å². The first-order chi connectivity index (χ1) is 15.3. The number of esters is 1. The molecule has 0 saturated carbocycles. The Morgan fingerprint density at radius 2 is 2.06 bits per heavy atom. The molecule has 0 fully saturated rings. The molecule has 0 spiro atoms. The molecule has 1 aromatic heterocycles. The summed E-state index contributed by atoms with van der Waals surface area (Å²) in [4.78, 5) is 25.4. The fourth-order valence-electron chi connectivity index (χ4n) is 3.97. The molecule has 7 heteroatoms. The van der Waals surface area contributed by atoms with Crippen molar-refractivity contribution in [2.75, 3.05) is 26.4 Å². The number of aromatic nitrogens is 2. The summed E-state index contributed by atoms with van der Waals surface area (Å²) >= 11 is 0. The van der Waals surface area contributed by atoms with Gasteiger partial charge in [0.05, 0.1) is 17.9 Å². The zero-order chi connectivity index (χ0) is 23.1. The molecule has 0 aliphatic carbocycles. The largest absolute Gasteiger partial charge is 0.462 e. The van der Waals surface area contributed by atoms with Crippen LogP contribution in [0.2, 0.25) is 0 Å². The van der Waals surface area contributed by atoms with Crippen molar-refractivity contribution in [3.63, 3.8) is 0 Å². The second kappa shape index (κ2) is 10.8. The van der Waals surface area contributed by atoms with E-state index in [4.69, 9.17) is 14.6 Å². The second-order valence-electron chi connectivity index (χ2n) is 9.20. The minimum absolute atomic E-state index is 0.0776. The van der Waals surface area contributed by atoms with E-state index in [-0.39, 0.29) is 23.9 Å². The van der Waals surface area contributed by atoms with Gasteiger partial charge in [-0.05, 0) is 45.2 Å². The standard InChI is InChI=1S/C25H35N3O4/c1-5-28-22-20(11-7-13-31-14-8-12-26-23(22)29)21(27-28)16-25(3,4)17-32-24(30)19-10-6-9-18(2)15-19/h6,9-10,15H,5,7-8,11-14,16-17H2,1-4H3,(H,26,29). The number of hydrogen-bond acceptors (Lipinski definition) is 5. The average molecular weight is 442 g/mol. The Bertz CT molecular complexity index is 949. The van der Waals surface area contributed by atoms with Gasteiger partial charge in [-0.2, -0.15) is 5.10 Å². The molecule has 0 radical (unpaired) electrons. The topological polar surface area (TPSA) is 82.5 Å². The summed E-state index contributed by atoms with van der Waals surface area (Å²) in [6.07, 6.45) is 2.98. The Morgan fingerprint density at radius 3 is 2.81 bits per heavy atom. The summed E-state index contributed by atoms with van der Waals surface area (Å²) in [5.41, 5.74) is 3.77. The fourth-order valence-corrected chi connectivity index (χ4v) is 3.97. The van der Waals surface area contributed by atoms with Gasteiger partial charge in [-0.1, -0.05) is 31.5 Å². The van der Waals surface area contributed by atoms with Crippen molar-refractivity contribution in [2.24, 2.45) is 5.41 Å². The van der Waals surface area contributed by atoms with Crippen LogP contribution in [0.15, 0.2) is 24.3 Å². The van der Waals surface area contributed by atoms with Gasteiger partial charge < -0.3 is 14.8 Å². The van der Waals surface area contributed by atoms with Crippen molar-refractivity contribution in [3.8, 4) is 0 Å². The molecule has 1 N–H and O–H groups in total. The minimum Gasteiger partial charge on any atom is -0.462 e. The van der Waals surface area contributed by atoms with Gasteiger partial charge in [0.1, 0.15) is 5.69 Å². The zero-order valence-corrected chi connectivity index (χ0v) is 19.7. The highest BCUT2D eigenvalue weighted by molar-refractivity contribution is 5.94. The first kappa shape index (κ1) is 24.0. The summed E-state index contributed by atoms with van der Waals surface area (Å²) in [6.45, 7) is 10.9. The number of fused-ring (bicyclic) bond motifs is 1. The van der Waals surface area contributed by atoms with E-state index < -0.39 is 0 Å². The molecule has 1 aliphatic rings. The molecule has 1 aromatic carbocycles. The third-order valence-electron chi connectivity index (χ3n) is 5.61. The van der Waals surface area contributed by atoms with Crippen molar-refractivity contribution in [3.05, 3.63) is 52.3 Å². The first-order valence-electron chi connectivity index (χ1n) is 11.5. The van der Waals surface area contributed by atoms with Crippen molar-refractivity contribution in [2.45, 2.75) is 59.9 Å². The maximum Gasteiger partial charge on any atom is 0.338 e. The van der Waals surface area contributed by atoms with Crippen molar-refractivity contribution in [1.29, 1.82) is 0 Å². The third kappa shape index (κ3) is 6.19. The molecule has 0 unspecified atom stereocenters. The number of carbonyl (C=O) groups is 2. The highest BCUT2D eigenvalue weighted by atomic mass is 16.5. The van der Waals surface area contributed by atoms with Crippen LogP contribution in [-0.2, 0) is 28.9 Å². The lowest BCUT2D eigenvalue weighted by Gasteiger charge is -2.24. The van der Waals surface area contributed by atoms with Crippen LogP contribution in [-0.4, -0.2) is 48.0 Å². The summed E-state index contributed by atoms with van der Waals surface area (Å²) in [5, 5.41) is 7.79. The van der Waals surface area contributed by atoms with Crippen LogP contribution in [0.25, 0.3) is 0 Å². The molecule has 0 bridgehead atoms. The van der Waals surface area contributed by atoms with Crippen LogP contribution < -0.4 is 5.32 Å². The number of amides is 1. The summed E-state index contributed by atoms with van der Waals surface area (Å²) in [6, 6.07) is 7.40. The van der Waals surface area contributed by atoms with Gasteiger partial charge in [-0.3, -0.25) is 9.48 Å². The van der Waals surface area contributed by atoms with E-state index in [2.05, 4.69) is 19.2 Å². The van der Waals surface area contributed by atoms with Gasteiger partial charge in [0.2, 0.25) is 0 Å². The summed E-state index contributed by atoms with van der Waals surface area (Å²) < 4.78 is 13.1. The summed E-state index contributed by atoms with van der Waals surface area (Å²) in [7, 11) is 0. The molecule has 2 heterocycles. The maximum atomic E-state index is 12.9. The van der Waals surface area contributed by atoms with Crippen LogP contribution in [0.1, 0.15) is 71.3 Å². The average Bonchev–Trinajstić information content (AvgIpc) is 3.08. The van der Waals surface area contributed by atoms with Gasteiger partial charge in [0.25, 0.3) is 5.91 Å². The number of aryl methyl sites for hydroxylation is 2. The Morgan fingerprint density at radius 1 is 1.28 bits per heavy atom. The Balaban J connectivity index is 1.77. The SMILES string of the molecule is CCn1nc(CC(C)(C)COC(=O)c2cccc(C)c2)c2c1C(=O)NCCCOCCC2. The van der Waals surface area contributed by atoms with Crippen molar-refractivity contribution >= 4 is 11.9 Å². The Hall–Kier alpha value is -2.67. The number of nitrogens with zero attached hydrogens (tertiary/aromatic N) is 2. The normalized spacial score (nSPS) is 15.4. The molecular weight excluding hydrogens is 406 g/mol. The van der Waals surface area contributed by atoms with Crippen molar-refractivity contribution < 1.29 is 19.1 Å². The van der Waals surface area contributed by atoms with E-state index in [0.717, 1.165) is 36.1 Å². The van der Waals surface area contributed by atoms with Crippen LogP contribution in [0.5, 0.6) is 0 Å². The number of nitrogens with one attached hydrogen (secondary N) is 1. The van der Waals surface area contributed by atoms with Crippen LogP contribution in [0.4, 0.5) is 0 Å². The lowest BCUT2D eigenvalue weighted by Crippen LogP contribution is -2.28. The van der Waals surface area contributed by atoms with Gasteiger partial charge >= 0.3 is 5.97 Å². The molecule has 32 heavy (non-hydrogen) atoms. The molecule has 3 rings (SSSR count). The highest BCUT2D eigenvalue weighted by Crippen LogP contribution is 2.27. The molecule has 1 amide bonds. The molecule has 1 aliphatic heterocycles. The van der Waals surface area contributed by atoms with E-state index in [1.54, 1.807) is 10.7 Å². The molecule has 0 saturated heterocycles. The number of ether oxygens (including phenoxy) is 2. The number of carbonyl (C=O) groups excluding carboxylic acids is 2. The fraction of sp³-hybridized carbons (Fsp3) is 0.560. The predicted octanol–water partition coefficient (Wildman–Crippen LogP) is 3.72. The third-order valence-corrected chi connectivity index (χ3v) is 5.61. The lowest BCUT2D eigenvalue weighted by molar-refractivity contribution is 0.0339. The van der Waals surface area contributed by atoms with E-state index >= 15 is 0 Å². The van der Waals surface area contributed by atoms with E-state index in [1.807, 2.05) is 32.0 Å². The minimum atomic E-state index is -0.334. The second-order valence-corrected chi connectivity index (χ2v) is 9.20. The number of hydrogen-bond donors (Lipinski definition) is 1. The maximum absolute atomic E-state index is 12.9. The monoisotopic (exact) mass is 441 g/mol. The molecule has 2 aromatic rings. The molecular formula is C25H35N3O4. The van der Waals surface area contributed by atoms with Gasteiger partial charge in [0, 0.05) is 43.7 Å². The number of rotatable bonds is 6. The zero-order valence-electron chi connectivity index (χ0n) is 19.7. The van der Waals surface area contributed by atoms with E-state index in [0.29, 0.717) is 44.0 Å². The Labute approximate surface area is 190 Å². The van der Waals surface area contributed by atoms with E-state index in [9.17, 15) is 9.59 Å². The van der Waals surface area contributed by atoms with Crippen LogP contribution in [0, 0.1) is 12.3 Å². The van der Waals surface area contributed by atoms with Gasteiger partial charge in [-0.15, -0.1) is 0 Å². The van der Waals surface area contributed by atoms with E-state index in [1.165, 1.54) is 0 Å². The highest BCUT2D eigenvalue weighted by Gasteiger charge is 2.29. The smallest absolute Gasteiger partial charge is 0.338 e. The molecule has 7 nitrogen and oxygen atoms in total. The van der Waals surface area contributed by atoms with Crippen LogP contribution >= 0.6 is 0 Å². The molecule has 174 valence electrons.